The summed E-state index contributed by atoms with van der Waals surface area (Å²) in [7, 11) is 0. The third-order valence-electron chi connectivity index (χ3n) is 1.21. The van der Waals surface area contributed by atoms with Crippen molar-refractivity contribution >= 4 is 23.0 Å². The summed E-state index contributed by atoms with van der Waals surface area (Å²) in [5.41, 5.74) is 1.39. The van der Waals surface area contributed by atoms with Gasteiger partial charge in [0.2, 0.25) is 0 Å². The van der Waals surface area contributed by atoms with Crippen LogP contribution in [0.3, 0.4) is 0 Å². The van der Waals surface area contributed by atoms with Crippen LogP contribution in [-0.4, -0.2) is 4.92 Å². The Labute approximate surface area is 72.7 Å². The Balaban J connectivity index is 3.15. The summed E-state index contributed by atoms with van der Waals surface area (Å²) in [4.78, 5) is 9.62. The van der Waals surface area contributed by atoms with E-state index in [1.165, 1.54) is 17.6 Å². The van der Waals surface area contributed by atoms with Gasteiger partial charge >= 0.3 is 0 Å². The lowest BCUT2D eigenvalue weighted by molar-refractivity contribution is -0.384. The SMILES string of the molecule is O=[N+]([O-])c1cc(Cl)cc(N[O-])c1. The molecule has 0 heterocycles. The summed E-state index contributed by atoms with van der Waals surface area (Å²) in [5, 5.41) is 20.5. The van der Waals surface area contributed by atoms with Gasteiger partial charge in [0.15, 0.2) is 0 Å². The maximum absolute atomic E-state index is 10.2. The maximum atomic E-state index is 10.2. The highest BCUT2D eigenvalue weighted by Gasteiger charge is 2.06. The van der Waals surface area contributed by atoms with Crippen molar-refractivity contribution in [2.24, 2.45) is 0 Å². The van der Waals surface area contributed by atoms with Crippen LogP contribution in [0.25, 0.3) is 0 Å². The van der Waals surface area contributed by atoms with Crippen LogP contribution >= 0.6 is 11.6 Å². The Morgan fingerprint density at radius 1 is 1.42 bits per heavy atom. The van der Waals surface area contributed by atoms with Crippen molar-refractivity contribution in [1.82, 2.24) is 0 Å². The van der Waals surface area contributed by atoms with Gasteiger partial charge in [-0.05, 0) is 6.07 Å². The zero-order valence-corrected chi connectivity index (χ0v) is 6.54. The molecule has 0 aliphatic heterocycles. The Hall–Kier alpha value is -1.33. The van der Waals surface area contributed by atoms with Crippen LogP contribution in [-0.2, 0) is 0 Å². The van der Waals surface area contributed by atoms with E-state index in [0.717, 1.165) is 6.07 Å². The smallest absolute Gasteiger partial charge is 0.272 e. The normalized spacial score (nSPS) is 9.50. The van der Waals surface area contributed by atoms with Crippen molar-refractivity contribution in [3.05, 3.63) is 38.5 Å². The van der Waals surface area contributed by atoms with Crippen molar-refractivity contribution in [2.45, 2.75) is 0 Å². The number of nitro groups is 1. The second kappa shape index (κ2) is 3.38. The molecule has 5 nitrogen and oxygen atoms in total. The minimum Gasteiger partial charge on any atom is -0.761 e. The highest BCUT2D eigenvalue weighted by Crippen LogP contribution is 2.23. The van der Waals surface area contributed by atoms with Crippen molar-refractivity contribution in [2.75, 3.05) is 5.48 Å². The number of non-ortho nitro benzene ring substituents is 1. The van der Waals surface area contributed by atoms with Crippen LogP contribution in [0.5, 0.6) is 0 Å². The lowest BCUT2D eigenvalue weighted by atomic mass is 10.3. The molecule has 0 saturated carbocycles. The molecule has 0 spiro atoms. The minimum absolute atomic E-state index is 0.0780. The van der Waals surface area contributed by atoms with Crippen molar-refractivity contribution in [3.8, 4) is 0 Å². The highest BCUT2D eigenvalue weighted by atomic mass is 35.5. The van der Waals surface area contributed by atoms with E-state index in [9.17, 15) is 15.3 Å². The van der Waals surface area contributed by atoms with E-state index in [0.29, 0.717) is 0 Å². The van der Waals surface area contributed by atoms with Crippen molar-refractivity contribution < 1.29 is 4.92 Å². The molecule has 1 rings (SSSR count). The maximum Gasteiger partial charge on any atom is 0.272 e. The van der Waals surface area contributed by atoms with Gasteiger partial charge in [-0.25, -0.2) is 0 Å². The summed E-state index contributed by atoms with van der Waals surface area (Å²) < 4.78 is 0. The fraction of sp³-hybridized carbons (Fsp3) is 0. The van der Waals surface area contributed by atoms with E-state index in [1.807, 2.05) is 0 Å². The fourth-order valence-electron chi connectivity index (χ4n) is 0.738. The molecule has 0 amide bonds. The zero-order valence-electron chi connectivity index (χ0n) is 5.78. The van der Waals surface area contributed by atoms with E-state index in [2.05, 4.69) is 0 Å². The number of rotatable bonds is 2. The van der Waals surface area contributed by atoms with Crippen LogP contribution < -0.4 is 5.48 Å². The number of nitrogens with one attached hydrogen (secondary N) is 1. The number of halogens is 1. The molecular formula is C6H4ClN2O3-. The molecule has 64 valence electrons. The molecule has 12 heavy (non-hydrogen) atoms. The van der Waals surface area contributed by atoms with Gasteiger partial charge in [0.25, 0.3) is 5.69 Å². The van der Waals surface area contributed by atoms with E-state index < -0.39 is 4.92 Å². The highest BCUT2D eigenvalue weighted by molar-refractivity contribution is 6.31. The molecule has 0 aliphatic rings. The summed E-state index contributed by atoms with van der Waals surface area (Å²) in [6, 6.07) is 3.59. The Kier molecular flexibility index (Phi) is 2.47. The first-order chi connectivity index (χ1) is 5.63. The predicted octanol–water partition coefficient (Wildman–Crippen LogP) is 2.16. The molecule has 0 aliphatic carbocycles. The second-order valence-corrected chi connectivity index (χ2v) is 2.49. The number of benzene rings is 1. The van der Waals surface area contributed by atoms with Crippen LogP contribution in [0.2, 0.25) is 5.02 Å². The second-order valence-electron chi connectivity index (χ2n) is 2.06. The monoisotopic (exact) mass is 187 g/mol. The summed E-state index contributed by atoms with van der Waals surface area (Å²) in [6.45, 7) is 0. The number of hydrogen-bond donors (Lipinski definition) is 1. The van der Waals surface area contributed by atoms with E-state index in [4.69, 9.17) is 11.6 Å². The lowest BCUT2D eigenvalue weighted by Crippen LogP contribution is -1.90. The quantitative estimate of drug-likeness (QED) is 0.568. The van der Waals surface area contributed by atoms with Crippen LogP contribution in [0.15, 0.2) is 18.2 Å². The third-order valence-corrected chi connectivity index (χ3v) is 1.43. The summed E-state index contributed by atoms with van der Waals surface area (Å²) in [5.74, 6) is 0. The van der Waals surface area contributed by atoms with Gasteiger partial charge in [0.05, 0.1) is 4.92 Å². The third kappa shape index (κ3) is 1.84. The average Bonchev–Trinajstić information content (AvgIpc) is 2.03. The van der Waals surface area contributed by atoms with Crippen LogP contribution in [0, 0.1) is 15.3 Å². The predicted molar refractivity (Wildman–Crippen MR) is 45.1 cm³/mol. The van der Waals surface area contributed by atoms with Gasteiger partial charge in [-0.2, -0.15) is 0 Å². The lowest BCUT2D eigenvalue weighted by Gasteiger charge is -2.08. The molecule has 0 saturated heterocycles. The van der Waals surface area contributed by atoms with Gasteiger partial charge in [-0.15, -0.1) is 0 Å². The first kappa shape index (κ1) is 8.76. The van der Waals surface area contributed by atoms with E-state index >= 15 is 0 Å². The standard InChI is InChI=1S/C6H4ClN2O3/c7-4-1-5(8-10)3-6(2-4)9(11)12/h1-3,8H/q-1. The van der Waals surface area contributed by atoms with E-state index in [1.54, 1.807) is 0 Å². The summed E-state index contributed by atoms with van der Waals surface area (Å²) in [6.07, 6.45) is 0. The van der Waals surface area contributed by atoms with Crippen LogP contribution in [0.1, 0.15) is 0 Å². The molecule has 0 bridgehead atoms. The van der Waals surface area contributed by atoms with Gasteiger partial charge in [0.1, 0.15) is 0 Å². The first-order valence-corrected chi connectivity index (χ1v) is 3.34. The Morgan fingerprint density at radius 3 is 2.58 bits per heavy atom. The van der Waals surface area contributed by atoms with Crippen LogP contribution in [0.4, 0.5) is 11.4 Å². The fourth-order valence-corrected chi connectivity index (χ4v) is 0.968. The molecule has 0 radical (unpaired) electrons. The number of anilines is 1. The van der Waals surface area contributed by atoms with E-state index in [-0.39, 0.29) is 16.4 Å². The van der Waals surface area contributed by atoms with Gasteiger partial charge in [-0.1, -0.05) is 11.6 Å². The number of nitro benzene ring substituents is 1. The minimum atomic E-state index is -0.618. The van der Waals surface area contributed by atoms with Crippen molar-refractivity contribution in [1.29, 1.82) is 0 Å². The zero-order chi connectivity index (χ0) is 9.14. The number of hydrogen-bond acceptors (Lipinski definition) is 4. The number of nitrogens with zero attached hydrogens (tertiary/aromatic N) is 1. The molecule has 1 aromatic rings. The topological polar surface area (TPSA) is 78.2 Å². The molecule has 0 fully saturated rings. The van der Waals surface area contributed by atoms with Gasteiger partial charge in [-0.3, -0.25) is 10.1 Å². The first-order valence-electron chi connectivity index (χ1n) is 2.96. The summed E-state index contributed by atoms with van der Waals surface area (Å²) >= 11 is 5.49. The molecule has 0 aromatic heterocycles. The molecule has 0 atom stereocenters. The molecule has 6 heteroatoms. The Morgan fingerprint density at radius 2 is 2.08 bits per heavy atom. The Bertz CT molecular complexity index is 316. The van der Waals surface area contributed by atoms with Crippen molar-refractivity contribution in [3.63, 3.8) is 0 Å². The van der Waals surface area contributed by atoms with Gasteiger partial charge in [0, 0.05) is 22.8 Å². The molecule has 1 N–H and O–H groups in total. The van der Waals surface area contributed by atoms with Gasteiger partial charge < -0.3 is 10.7 Å². The largest absolute Gasteiger partial charge is 0.761 e. The average molecular weight is 188 g/mol. The molecular weight excluding hydrogens is 184 g/mol. The molecule has 0 unspecified atom stereocenters. The molecule has 1 aromatic carbocycles.